The molecule has 7 nitrogen and oxygen atoms in total. The molecule has 26 heavy (non-hydrogen) atoms. The molecule has 1 aromatic carbocycles. The first-order chi connectivity index (χ1) is 12.6. The van der Waals surface area contributed by atoms with E-state index in [4.69, 9.17) is 9.15 Å². The van der Waals surface area contributed by atoms with Crippen molar-refractivity contribution in [2.75, 3.05) is 18.8 Å². The summed E-state index contributed by atoms with van der Waals surface area (Å²) in [6, 6.07) is 9.42. The first kappa shape index (κ1) is 18.8. The Kier molecular flexibility index (Phi) is 6.26. The zero-order valence-electron chi connectivity index (χ0n) is 15.0. The molecule has 1 aromatic heterocycles. The predicted molar refractivity (Wildman–Crippen MR) is 97.3 cm³/mol. The maximum Gasteiger partial charge on any atom is 0.253 e. The van der Waals surface area contributed by atoms with E-state index >= 15 is 0 Å². The highest BCUT2D eigenvalue weighted by Crippen LogP contribution is 2.28. The summed E-state index contributed by atoms with van der Waals surface area (Å²) in [6.45, 7) is 3.17. The summed E-state index contributed by atoms with van der Waals surface area (Å²) >= 11 is 0. The van der Waals surface area contributed by atoms with E-state index in [1.165, 1.54) is 0 Å². The average Bonchev–Trinajstić information content (AvgIpc) is 3.15. The largest absolute Gasteiger partial charge is 0.484 e. The Morgan fingerprint density at radius 3 is 2.85 bits per heavy atom. The quantitative estimate of drug-likeness (QED) is 0.701. The van der Waals surface area contributed by atoms with Gasteiger partial charge in [0.05, 0.1) is 11.7 Å². The van der Waals surface area contributed by atoms with Crippen molar-refractivity contribution in [3.8, 4) is 5.75 Å². The smallest absolute Gasteiger partial charge is 0.253 e. The lowest BCUT2D eigenvalue weighted by Gasteiger charge is -2.30. The molecule has 0 spiro atoms. The maximum absolute atomic E-state index is 12.4. The number of hydrogen-bond donors (Lipinski definition) is 0. The first-order valence-corrected chi connectivity index (χ1v) is 10.7. The zero-order chi connectivity index (χ0) is 18.4. The van der Waals surface area contributed by atoms with Crippen LogP contribution in [-0.4, -0.2) is 41.8 Å². The lowest BCUT2D eigenvalue weighted by Crippen LogP contribution is -2.40. The summed E-state index contributed by atoms with van der Waals surface area (Å²) in [5, 5.41) is 8.15. The summed E-state index contributed by atoms with van der Waals surface area (Å²) in [4.78, 5) is 0. The van der Waals surface area contributed by atoms with Gasteiger partial charge in [-0.2, -0.15) is 0 Å². The van der Waals surface area contributed by atoms with Gasteiger partial charge in [0.1, 0.15) is 5.75 Å². The average molecular weight is 379 g/mol. The molecule has 1 saturated heterocycles. The molecule has 0 amide bonds. The summed E-state index contributed by atoms with van der Waals surface area (Å²) < 4.78 is 37.7. The number of aromatic nitrogens is 2. The van der Waals surface area contributed by atoms with Gasteiger partial charge in [0.25, 0.3) is 5.89 Å². The van der Waals surface area contributed by atoms with Gasteiger partial charge in [0.2, 0.25) is 15.9 Å². The van der Waals surface area contributed by atoms with E-state index in [1.807, 2.05) is 37.3 Å². The van der Waals surface area contributed by atoms with Crippen LogP contribution in [0.4, 0.5) is 0 Å². The molecule has 0 bridgehead atoms. The van der Waals surface area contributed by atoms with E-state index < -0.39 is 10.0 Å². The minimum atomic E-state index is -3.21. The van der Waals surface area contributed by atoms with Crippen LogP contribution in [0.25, 0.3) is 0 Å². The fraction of sp³-hybridized carbons (Fsp3) is 0.556. The van der Waals surface area contributed by atoms with Crippen molar-refractivity contribution in [1.82, 2.24) is 14.5 Å². The minimum Gasteiger partial charge on any atom is -0.484 e. The third-order valence-electron chi connectivity index (χ3n) is 4.47. The molecular formula is C18H25N3O4S. The molecule has 3 rings (SSSR count). The van der Waals surface area contributed by atoms with Crippen LogP contribution in [-0.2, 0) is 16.6 Å². The Bertz CT molecular complexity index is 792. The van der Waals surface area contributed by atoms with Crippen molar-refractivity contribution in [2.24, 2.45) is 0 Å². The van der Waals surface area contributed by atoms with E-state index in [0.29, 0.717) is 31.3 Å². The molecule has 1 unspecified atom stereocenters. The molecule has 0 N–H and O–H groups in total. The van der Waals surface area contributed by atoms with Gasteiger partial charge in [-0.25, -0.2) is 12.7 Å². The molecule has 1 fully saturated rings. The Labute approximate surface area is 154 Å². The number of piperidine rings is 1. The molecule has 1 atom stereocenters. The molecule has 142 valence electrons. The van der Waals surface area contributed by atoms with E-state index in [2.05, 4.69) is 10.2 Å². The third kappa shape index (κ3) is 4.82. The van der Waals surface area contributed by atoms with Crippen LogP contribution in [0, 0.1) is 0 Å². The number of unbranched alkanes of at least 4 members (excludes halogenated alkanes) is 1. The Hall–Kier alpha value is -1.93. The number of para-hydroxylation sites is 1. The standard InChI is InChI=1S/C18H25N3O4S/c1-2-3-12-26(22,23)21-11-7-8-15(13-21)18-20-19-17(25-18)14-24-16-9-5-4-6-10-16/h4-6,9-10,15H,2-3,7-8,11-14H2,1H3. The zero-order valence-corrected chi connectivity index (χ0v) is 15.8. The fourth-order valence-corrected chi connectivity index (χ4v) is 4.73. The number of benzene rings is 1. The molecule has 0 radical (unpaired) electrons. The SMILES string of the molecule is CCCCS(=O)(=O)N1CCCC(c2nnc(COc3ccccc3)o2)C1. The first-order valence-electron chi connectivity index (χ1n) is 9.06. The van der Waals surface area contributed by atoms with Crippen molar-refractivity contribution >= 4 is 10.0 Å². The van der Waals surface area contributed by atoms with E-state index in [0.717, 1.165) is 25.0 Å². The lowest BCUT2D eigenvalue weighted by molar-refractivity contribution is 0.243. The number of hydrogen-bond acceptors (Lipinski definition) is 6. The van der Waals surface area contributed by atoms with Gasteiger partial charge < -0.3 is 9.15 Å². The normalized spacial score (nSPS) is 18.7. The van der Waals surface area contributed by atoms with E-state index in [1.54, 1.807) is 4.31 Å². The van der Waals surface area contributed by atoms with Crippen LogP contribution in [0.15, 0.2) is 34.7 Å². The topological polar surface area (TPSA) is 85.5 Å². The van der Waals surface area contributed by atoms with Crippen LogP contribution < -0.4 is 4.74 Å². The van der Waals surface area contributed by atoms with Gasteiger partial charge in [-0.3, -0.25) is 0 Å². The van der Waals surface area contributed by atoms with Crippen LogP contribution in [0.1, 0.15) is 50.3 Å². The minimum absolute atomic E-state index is 0.0573. The Balaban J connectivity index is 1.59. The highest BCUT2D eigenvalue weighted by Gasteiger charge is 2.31. The van der Waals surface area contributed by atoms with Gasteiger partial charge in [0.15, 0.2) is 6.61 Å². The van der Waals surface area contributed by atoms with Crippen molar-refractivity contribution in [1.29, 1.82) is 0 Å². The monoisotopic (exact) mass is 379 g/mol. The Morgan fingerprint density at radius 2 is 2.08 bits per heavy atom. The number of ether oxygens (including phenoxy) is 1. The maximum atomic E-state index is 12.4. The lowest BCUT2D eigenvalue weighted by atomic mass is 10.00. The third-order valence-corrected chi connectivity index (χ3v) is 6.39. The molecule has 1 aliphatic rings. The number of nitrogens with zero attached hydrogens (tertiary/aromatic N) is 3. The van der Waals surface area contributed by atoms with Crippen LogP contribution in [0.3, 0.4) is 0 Å². The van der Waals surface area contributed by atoms with Crippen LogP contribution >= 0.6 is 0 Å². The summed E-state index contributed by atoms with van der Waals surface area (Å²) in [5.41, 5.74) is 0. The second kappa shape index (κ2) is 8.64. The molecule has 2 aromatic rings. The van der Waals surface area contributed by atoms with E-state index in [9.17, 15) is 8.42 Å². The summed E-state index contributed by atoms with van der Waals surface area (Å²) in [7, 11) is -3.21. The van der Waals surface area contributed by atoms with Crippen LogP contribution in [0.5, 0.6) is 5.75 Å². The van der Waals surface area contributed by atoms with Crippen molar-refractivity contribution in [3.63, 3.8) is 0 Å². The molecule has 2 heterocycles. The molecule has 8 heteroatoms. The molecule has 0 aliphatic carbocycles. The van der Waals surface area contributed by atoms with Gasteiger partial charge in [0, 0.05) is 13.1 Å². The fourth-order valence-electron chi connectivity index (χ4n) is 3.00. The van der Waals surface area contributed by atoms with E-state index in [-0.39, 0.29) is 18.3 Å². The summed E-state index contributed by atoms with van der Waals surface area (Å²) in [6.07, 6.45) is 3.20. The van der Waals surface area contributed by atoms with Crippen molar-refractivity contribution < 1.29 is 17.6 Å². The second-order valence-electron chi connectivity index (χ2n) is 6.50. The molecule has 0 saturated carbocycles. The van der Waals surface area contributed by atoms with Gasteiger partial charge in [-0.15, -0.1) is 10.2 Å². The van der Waals surface area contributed by atoms with Crippen molar-refractivity contribution in [3.05, 3.63) is 42.1 Å². The number of rotatable bonds is 8. The molecule has 1 aliphatic heterocycles. The molecular weight excluding hydrogens is 354 g/mol. The Morgan fingerprint density at radius 1 is 1.27 bits per heavy atom. The predicted octanol–water partition coefficient (Wildman–Crippen LogP) is 2.96. The van der Waals surface area contributed by atoms with Gasteiger partial charge in [-0.1, -0.05) is 31.5 Å². The highest BCUT2D eigenvalue weighted by atomic mass is 32.2. The van der Waals surface area contributed by atoms with Crippen LogP contribution in [0.2, 0.25) is 0 Å². The summed E-state index contributed by atoms with van der Waals surface area (Å²) in [5.74, 6) is 1.77. The van der Waals surface area contributed by atoms with Crippen molar-refractivity contribution in [2.45, 2.75) is 45.1 Å². The van der Waals surface area contributed by atoms with Gasteiger partial charge >= 0.3 is 0 Å². The van der Waals surface area contributed by atoms with Gasteiger partial charge in [-0.05, 0) is 31.4 Å². The highest BCUT2D eigenvalue weighted by molar-refractivity contribution is 7.89. The second-order valence-corrected chi connectivity index (χ2v) is 8.59. The number of sulfonamides is 1.